The summed E-state index contributed by atoms with van der Waals surface area (Å²) in [5, 5.41) is 0. The first-order valence-corrected chi connectivity index (χ1v) is 11.0. The van der Waals surface area contributed by atoms with Gasteiger partial charge < -0.3 is 14.4 Å². The van der Waals surface area contributed by atoms with Gasteiger partial charge in [0.1, 0.15) is 5.75 Å². The van der Waals surface area contributed by atoms with Crippen LogP contribution in [0.15, 0.2) is 54.6 Å². The number of carbonyl (C=O) groups is 1. The number of para-hydroxylation sites is 1. The second-order valence-electron chi connectivity index (χ2n) is 8.74. The Morgan fingerprint density at radius 3 is 2.50 bits per heavy atom. The van der Waals surface area contributed by atoms with Crippen LogP contribution in [0.2, 0.25) is 0 Å². The van der Waals surface area contributed by atoms with E-state index in [-0.39, 0.29) is 16.9 Å². The molecule has 3 rings (SSSR count). The van der Waals surface area contributed by atoms with Gasteiger partial charge in [-0.05, 0) is 44.2 Å². The molecule has 1 amide bonds. The molecular formula is C26H35NO3. The lowest BCUT2D eigenvalue weighted by atomic mass is 9.66. The fourth-order valence-electron chi connectivity index (χ4n) is 4.74. The molecule has 1 heterocycles. The third kappa shape index (κ3) is 5.04. The zero-order valence-electron chi connectivity index (χ0n) is 18.8. The van der Waals surface area contributed by atoms with E-state index in [0.717, 1.165) is 43.6 Å². The zero-order chi connectivity index (χ0) is 21.6. The SMILES string of the molecule is CC[C@@]1(C)C[C@@](CCN(Cc2ccccc2)C(C)=O)(c2ccccc2OC)CCO1. The maximum atomic E-state index is 12.4. The van der Waals surface area contributed by atoms with Gasteiger partial charge in [0.05, 0.1) is 12.7 Å². The first kappa shape index (κ1) is 22.4. The Morgan fingerprint density at radius 2 is 1.83 bits per heavy atom. The van der Waals surface area contributed by atoms with Gasteiger partial charge in [-0.2, -0.15) is 0 Å². The lowest BCUT2D eigenvalue weighted by molar-refractivity contribution is -0.130. The van der Waals surface area contributed by atoms with Gasteiger partial charge in [0.25, 0.3) is 0 Å². The average molecular weight is 410 g/mol. The van der Waals surface area contributed by atoms with E-state index < -0.39 is 0 Å². The minimum atomic E-state index is -0.167. The summed E-state index contributed by atoms with van der Waals surface area (Å²) in [6, 6.07) is 18.5. The van der Waals surface area contributed by atoms with Crippen LogP contribution in [0, 0.1) is 0 Å². The minimum Gasteiger partial charge on any atom is -0.496 e. The minimum absolute atomic E-state index is 0.0833. The molecule has 0 radical (unpaired) electrons. The van der Waals surface area contributed by atoms with E-state index in [0.29, 0.717) is 13.1 Å². The summed E-state index contributed by atoms with van der Waals surface area (Å²) >= 11 is 0. The van der Waals surface area contributed by atoms with Gasteiger partial charge in [-0.15, -0.1) is 0 Å². The number of rotatable bonds is 8. The van der Waals surface area contributed by atoms with Crippen molar-refractivity contribution in [2.75, 3.05) is 20.3 Å². The lowest BCUT2D eigenvalue weighted by Gasteiger charge is -2.47. The Bertz CT molecular complexity index is 837. The molecule has 0 bridgehead atoms. The van der Waals surface area contributed by atoms with Crippen molar-refractivity contribution in [2.45, 2.75) is 64.0 Å². The predicted molar refractivity (Wildman–Crippen MR) is 121 cm³/mol. The molecule has 162 valence electrons. The maximum absolute atomic E-state index is 12.4. The number of ether oxygens (including phenoxy) is 2. The molecule has 1 saturated heterocycles. The Hall–Kier alpha value is -2.33. The monoisotopic (exact) mass is 409 g/mol. The number of carbonyl (C=O) groups excluding carboxylic acids is 1. The van der Waals surface area contributed by atoms with Crippen molar-refractivity contribution in [1.82, 2.24) is 4.90 Å². The molecule has 0 aliphatic carbocycles. The Morgan fingerprint density at radius 1 is 1.13 bits per heavy atom. The van der Waals surface area contributed by atoms with E-state index in [9.17, 15) is 4.79 Å². The number of hydrogen-bond acceptors (Lipinski definition) is 3. The summed E-state index contributed by atoms with van der Waals surface area (Å²) < 4.78 is 11.9. The van der Waals surface area contributed by atoms with Crippen molar-refractivity contribution in [2.24, 2.45) is 0 Å². The van der Waals surface area contributed by atoms with Gasteiger partial charge in [-0.1, -0.05) is 55.5 Å². The number of hydrogen-bond donors (Lipinski definition) is 0. The normalized spacial score (nSPS) is 23.7. The summed E-state index contributed by atoms with van der Waals surface area (Å²) in [4.78, 5) is 14.4. The predicted octanol–water partition coefficient (Wildman–Crippen LogP) is 5.35. The van der Waals surface area contributed by atoms with Gasteiger partial charge in [-0.25, -0.2) is 0 Å². The highest BCUT2D eigenvalue weighted by Crippen LogP contribution is 2.48. The van der Waals surface area contributed by atoms with Gasteiger partial charge in [-0.3, -0.25) is 4.79 Å². The van der Waals surface area contributed by atoms with Crippen LogP contribution in [0.4, 0.5) is 0 Å². The molecule has 2 aromatic rings. The topological polar surface area (TPSA) is 38.8 Å². The van der Waals surface area contributed by atoms with Crippen LogP contribution in [0.3, 0.4) is 0 Å². The third-order valence-electron chi connectivity index (χ3n) is 6.69. The van der Waals surface area contributed by atoms with Crippen molar-refractivity contribution < 1.29 is 14.3 Å². The van der Waals surface area contributed by atoms with E-state index in [1.165, 1.54) is 5.56 Å². The Kier molecular flexibility index (Phi) is 7.19. The van der Waals surface area contributed by atoms with Crippen LogP contribution in [0.5, 0.6) is 5.75 Å². The standard InChI is InChI=1S/C26H35NO3/c1-5-25(3)20-26(16-18-30-25,23-13-9-10-14-24(23)29-4)15-17-27(21(2)28)19-22-11-7-6-8-12-22/h6-14H,5,15-20H2,1-4H3/t25-,26-/m0/s1. The van der Waals surface area contributed by atoms with E-state index >= 15 is 0 Å². The molecule has 1 aliphatic heterocycles. The van der Waals surface area contributed by atoms with Crippen LogP contribution in [-0.2, 0) is 21.5 Å². The molecule has 4 heteroatoms. The molecule has 4 nitrogen and oxygen atoms in total. The van der Waals surface area contributed by atoms with Crippen molar-refractivity contribution in [3.05, 3.63) is 65.7 Å². The van der Waals surface area contributed by atoms with Crippen LogP contribution in [0.1, 0.15) is 57.6 Å². The Balaban J connectivity index is 1.89. The Labute approximate surface area is 181 Å². The third-order valence-corrected chi connectivity index (χ3v) is 6.69. The summed E-state index contributed by atoms with van der Waals surface area (Å²) in [5.74, 6) is 1.04. The molecule has 2 atom stereocenters. The quantitative estimate of drug-likeness (QED) is 0.590. The van der Waals surface area contributed by atoms with E-state index in [1.807, 2.05) is 35.2 Å². The molecule has 0 saturated carbocycles. The van der Waals surface area contributed by atoms with Crippen LogP contribution >= 0.6 is 0 Å². The maximum Gasteiger partial charge on any atom is 0.219 e. The van der Waals surface area contributed by atoms with Crippen molar-refractivity contribution >= 4 is 5.91 Å². The van der Waals surface area contributed by atoms with E-state index in [4.69, 9.17) is 9.47 Å². The fraction of sp³-hybridized carbons (Fsp3) is 0.500. The molecule has 1 aliphatic rings. The molecule has 0 spiro atoms. The number of methoxy groups -OCH3 is 1. The first-order valence-electron chi connectivity index (χ1n) is 11.0. The zero-order valence-corrected chi connectivity index (χ0v) is 18.8. The summed E-state index contributed by atoms with van der Waals surface area (Å²) in [6.45, 7) is 8.14. The highest BCUT2D eigenvalue weighted by atomic mass is 16.5. The highest BCUT2D eigenvalue weighted by Gasteiger charge is 2.44. The number of benzene rings is 2. The lowest BCUT2D eigenvalue weighted by Crippen LogP contribution is -2.47. The smallest absolute Gasteiger partial charge is 0.219 e. The second-order valence-corrected chi connectivity index (χ2v) is 8.74. The average Bonchev–Trinajstić information content (AvgIpc) is 2.77. The fourth-order valence-corrected chi connectivity index (χ4v) is 4.74. The van der Waals surface area contributed by atoms with Crippen LogP contribution in [0.25, 0.3) is 0 Å². The van der Waals surface area contributed by atoms with Crippen molar-refractivity contribution in [3.8, 4) is 5.75 Å². The van der Waals surface area contributed by atoms with Gasteiger partial charge in [0, 0.05) is 37.6 Å². The number of nitrogens with zero attached hydrogens (tertiary/aromatic N) is 1. The molecule has 30 heavy (non-hydrogen) atoms. The van der Waals surface area contributed by atoms with Crippen molar-refractivity contribution in [3.63, 3.8) is 0 Å². The van der Waals surface area contributed by atoms with Crippen LogP contribution < -0.4 is 4.74 Å². The van der Waals surface area contributed by atoms with Crippen LogP contribution in [-0.4, -0.2) is 36.7 Å². The first-order chi connectivity index (χ1) is 14.4. The van der Waals surface area contributed by atoms with Gasteiger partial charge >= 0.3 is 0 Å². The molecule has 0 N–H and O–H groups in total. The summed E-state index contributed by atoms with van der Waals surface area (Å²) in [7, 11) is 1.74. The van der Waals surface area contributed by atoms with E-state index in [2.05, 4.69) is 38.1 Å². The van der Waals surface area contributed by atoms with Crippen molar-refractivity contribution in [1.29, 1.82) is 0 Å². The molecule has 0 aromatic heterocycles. The largest absolute Gasteiger partial charge is 0.496 e. The summed E-state index contributed by atoms with van der Waals surface area (Å²) in [5.41, 5.74) is 2.14. The molecular weight excluding hydrogens is 374 g/mol. The number of amides is 1. The molecule has 0 unspecified atom stereocenters. The van der Waals surface area contributed by atoms with Gasteiger partial charge in [0.15, 0.2) is 0 Å². The summed E-state index contributed by atoms with van der Waals surface area (Å²) in [6.07, 6.45) is 3.71. The molecule has 2 aromatic carbocycles. The second kappa shape index (κ2) is 9.65. The van der Waals surface area contributed by atoms with Gasteiger partial charge in [0.2, 0.25) is 5.91 Å². The molecule has 1 fully saturated rings. The highest BCUT2D eigenvalue weighted by molar-refractivity contribution is 5.73. The van der Waals surface area contributed by atoms with E-state index in [1.54, 1.807) is 14.0 Å².